The Balaban J connectivity index is 2.06. The Kier molecular flexibility index (Phi) is 5.82. The maximum atomic E-state index is 13.1. The number of imidazole rings is 1. The lowest BCUT2D eigenvalue weighted by molar-refractivity contribution is 0.0602. The smallest absolute Gasteiger partial charge is 0.349 e. The van der Waals surface area contributed by atoms with E-state index in [1.54, 1.807) is 48.3 Å². The van der Waals surface area contributed by atoms with Crippen LogP contribution in [0.5, 0.6) is 5.75 Å². The normalized spacial score (nSPS) is 12.5. The Morgan fingerprint density at radius 1 is 1.29 bits per heavy atom. The van der Waals surface area contributed by atoms with Crippen LogP contribution >= 0.6 is 11.3 Å². The van der Waals surface area contributed by atoms with Gasteiger partial charge in [-0.3, -0.25) is 0 Å². The van der Waals surface area contributed by atoms with E-state index in [2.05, 4.69) is 14.4 Å². The number of ether oxygens (including phenoxy) is 2. The molecule has 0 aliphatic rings. The molecule has 0 aliphatic heterocycles. The van der Waals surface area contributed by atoms with Crippen LogP contribution < -0.4 is 9.46 Å². The van der Waals surface area contributed by atoms with Crippen LogP contribution in [0.3, 0.4) is 0 Å². The van der Waals surface area contributed by atoms with Gasteiger partial charge in [0, 0.05) is 19.4 Å². The second-order valence-electron chi connectivity index (χ2n) is 5.83. The van der Waals surface area contributed by atoms with Crippen LogP contribution in [0.25, 0.3) is 0 Å². The predicted octanol–water partition coefficient (Wildman–Crippen LogP) is 2.34. The van der Waals surface area contributed by atoms with Crippen molar-refractivity contribution in [3.05, 3.63) is 64.4 Å². The second kappa shape index (κ2) is 8.13. The van der Waals surface area contributed by atoms with E-state index in [0.29, 0.717) is 17.1 Å². The highest BCUT2D eigenvalue weighted by Gasteiger charge is 2.30. The number of nitrogens with zero attached hydrogens (tertiary/aromatic N) is 2. The first-order valence-electron chi connectivity index (χ1n) is 8.16. The van der Waals surface area contributed by atoms with Crippen LogP contribution in [0.2, 0.25) is 0 Å². The molecular weight excluding hydrogens is 402 g/mol. The minimum Gasteiger partial charge on any atom is -0.497 e. The summed E-state index contributed by atoms with van der Waals surface area (Å²) in [5.41, 5.74) is 0.645. The minimum atomic E-state index is -4.05. The summed E-state index contributed by atoms with van der Waals surface area (Å²) >= 11 is 1.00. The highest BCUT2D eigenvalue weighted by atomic mass is 32.2. The van der Waals surface area contributed by atoms with E-state index in [0.717, 1.165) is 11.3 Å². The molecule has 8 nitrogen and oxygen atoms in total. The highest BCUT2D eigenvalue weighted by molar-refractivity contribution is 7.89. The second-order valence-corrected chi connectivity index (χ2v) is 8.43. The number of thiophene rings is 1. The molecule has 0 fully saturated rings. The van der Waals surface area contributed by atoms with Crippen molar-refractivity contribution in [2.45, 2.75) is 10.9 Å². The summed E-state index contributed by atoms with van der Waals surface area (Å²) in [6, 6.07) is 7.63. The van der Waals surface area contributed by atoms with Gasteiger partial charge in [0.25, 0.3) is 0 Å². The van der Waals surface area contributed by atoms with Gasteiger partial charge in [-0.25, -0.2) is 18.2 Å². The number of esters is 1. The lowest BCUT2D eigenvalue weighted by Gasteiger charge is -2.19. The van der Waals surface area contributed by atoms with Crippen molar-refractivity contribution < 1.29 is 22.7 Å². The lowest BCUT2D eigenvalue weighted by atomic mass is 10.1. The van der Waals surface area contributed by atoms with Crippen LogP contribution in [0.1, 0.15) is 27.1 Å². The van der Waals surface area contributed by atoms with Crippen LogP contribution in [-0.4, -0.2) is 38.2 Å². The fourth-order valence-corrected chi connectivity index (χ4v) is 5.23. The van der Waals surface area contributed by atoms with Gasteiger partial charge in [0.1, 0.15) is 27.4 Å². The number of aromatic nitrogens is 2. The van der Waals surface area contributed by atoms with Crippen molar-refractivity contribution >= 4 is 27.3 Å². The van der Waals surface area contributed by atoms with Gasteiger partial charge < -0.3 is 14.0 Å². The molecule has 0 saturated heterocycles. The standard InChI is InChI=1S/C18H19N3O5S2/c1-21-9-8-19-17(21)15(12-5-4-6-13(11-12)25-2)20-28(23,24)14-7-10-27-16(14)18(22)26-3/h4-11,15,20H,1-3H3/t15-/m1/s1. The molecule has 0 unspecified atom stereocenters. The molecule has 0 saturated carbocycles. The molecule has 3 aromatic rings. The van der Waals surface area contributed by atoms with Crippen molar-refractivity contribution in [3.63, 3.8) is 0 Å². The van der Waals surface area contributed by atoms with E-state index >= 15 is 0 Å². The zero-order valence-corrected chi connectivity index (χ0v) is 17.1. The zero-order chi connectivity index (χ0) is 20.3. The van der Waals surface area contributed by atoms with Gasteiger partial charge in [0.15, 0.2) is 0 Å². The predicted molar refractivity (Wildman–Crippen MR) is 104 cm³/mol. The van der Waals surface area contributed by atoms with E-state index in [-0.39, 0.29) is 9.77 Å². The van der Waals surface area contributed by atoms with Gasteiger partial charge in [-0.2, -0.15) is 4.72 Å². The van der Waals surface area contributed by atoms with Crippen molar-refractivity contribution in [2.75, 3.05) is 14.2 Å². The van der Waals surface area contributed by atoms with Crippen molar-refractivity contribution in [3.8, 4) is 5.75 Å². The third-order valence-corrected chi connectivity index (χ3v) is 6.60. The number of hydrogen-bond acceptors (Lipinski definition) is 7. The molecule has 2 aromatic heterocycles. The quantitative estimate of drug-likeness (QED) is 0.588. The molecule has 148 valence electrons. The number of hydrogen-bond donors (Lipinski definition) is 1. The van der Waals surface area contributed by atoms with Crippen molar-refractivity contribution in [2.24, 2.45) is 7.05 Å². The van der Waals surface area contributed by atoms with Crippen molar-refractivity contribution in [1.29, 1.82) is 0 Å². The average Bonchev–Trinajstić information content (AvgIpc) is 3.35. The van der Waals surface area contributed by atoms with Gasteiger partial charge in [0.2, 0.25) is 10.0 Å². The topological polar surface area (TPSA) is 99.5 Å². The lowest BCUT2D eigenvalue weighted by Crippen LogP contribution is -2.31. The first-order valence-corrected chi connectivity index (χ1v) is 10.5. The van der Waals surface area contributed by atoms with Gasteiger partial charge in [0.05, 0.1) is 14.2 Å². The Bertz CT molecular complexity index is 1090. The monoisotopic (exact) mass is 421 g/mol. The molecule has 1 N–H and O–H groups in total. The molecule has 1 atom stereocenters. The number of carbonyl (C=O) groups excluding carboxylic acids is 1. The van der Waals surface area contributed by atoms with Gasteiger partial charge in [-0.15, -0.1) is 11.3 Å². The highest BCUT2D eigenvalue weighted by Crippen LogP contribution is 2.28. The molecule has 0 aliphatic carbocycles. The molecule has 0 amide bonds. The first kappa shape index (κ1) is 20.1. The third kappa shape index (κ3) is 3.93. The molecule has 1 aromatic carbocycles. The van der Waals surface area contributed by atoms with Crippen LogP contribution in [0.4, 0.5) is 0 Å². The average molecular weight is 422 g/mol. The molecule has 0 radical (unpaired) electrons. The summed E-state index contributed by atoms with van der Waals surface area (Å²) in [4.78, 5) is 16.1. The Morgan fingerprint density at radius 2 is 2.07 bits per heavy atom. The fourth-order valence-electron chi connectivity index (χ4n) is 2.72. The number of methoxy groups -OCH3 is 2. The van der Waals surface area contributed by atoms with E-state index in [1.807, 2.05) is 0 Å². The van der Waals surface area contributed by atoms with Gasteiger partial charge in [-0.1, -0.05) is 12.1 Å². The zero-order valence-electron chi connectivity index (χ0n) is 15.4. The summed E-state index contributed by atoms with van der Waals surface area (Å²) in [6.45, 7) is 0. The number of carbonyl (C=O) groups is 1. The summed E-state index contributed by atoms with van der Waals surface area (Å²) in [6.07, 6.45) is 3.31. The van der Waals surface area contributed by atoms with E-state index in [4.69, 9.17) is 4.74 Å². The molecule has 28 heavy (non-hydrogen) atoms. The molecule has 3 rings (SSSR count). The number of nitrogens with one attached hydrogen (secondary N) is 1. The third-order valence-electron chi connectivity index (χ3n) is 4.11. The van der Waals surface area contributed by atoms with E-state index in [1.165, 1.54) is 25.7 Å². The Morgan fingerprint density at radius 3 is 2.71 bits per heavy atom. The van der Waals surface area contributed by atoms with Gasteiger partial charge >= 0.3 is 5.97 Å². The Labute approximate surface area is 166 Å². The summed E-state index contributed by atoms with van der Waals surface area (Å²) in [5, 5.41) is 1.53. The molecular formula is C18H19N3O5S2. The van der Waals surface area contributed by atoms with Gasteiger partial charge in [-0.05, 0) is 29.1 Å². The summed E-state index contributed by atoms with van der Waals surface area (Å²) in [7, 11) is 0.467. The molecule has 0 spiro atoms. The molecule has 2 heterocycles. The maximum Gasteiger partial charge on any atom is 0.349 e. The molecule has 10 heteroatoms. The summed E-state index contributed by atoms with van der Waals surface area (Å²) in [5.74, 6) is 0.374. The van der Waals surface area contributed by atoms with Crippen LogP contribution in [-0.2, 0) is 21.8 Å². The number of aryl methyl sites for hydroxylation is 1. The first-order chi connectivity index (χ1) is 13.4. The largest absolute Gasteiger partial charge is 0.497 e. The number of rotatable bonds is 7. The summed E-state index contributed by atoms with van der Waals surface area (Å²) < 4.78 is 40.5. The van der Waals surface area contributed by atoms with E-state index in [9.17, 15) is 13.2 Å². The molecule has 0 bridgehead atoms. The fraction of sp³-hybridized carbons (Fsp3) is 0.222. The number of sulfonamides is 1. The van der Waals surface area contributed by atoms with Crippen molar-refractivity contribution in [1.82, 2.24) is 14.3 Å². The Hall–Kier alpha value is -2.69. The van der Waals surface area contributed by atoms with Crippen LogP contribution in [0, 0.1) is 0 Å². The van der Waals surface area contributed by atoms with Crippen LogP contribution in [0.15, 0.2) is 53.0 Å². The minimum absolute atomic E-state index is 0.0132. The maximum absolute atomic E-state index is 13.1. The van der Waals surface area contributed by atoms with E-state index < -0.39 is 22.0 Å². The SMILES string of the molecule is COC(=O)c1sccc1S(=O)(=O)N[C@H](c1cccc(OC)c1)c1nccn1C. The number of benzene rings is 1.